The maximum atomic E-state index is 12.8. The van der Waals surface area contributed by atoms with Gasteiger partial charge in [-0.25, -0.2) is 0 Å². The molecule has 1 heterocycles. The zero-order chi connectivity index (χ0) is 23.6. The van der Waals surface area contributed by atoms with Gasteiger partial charge in [0.2, 0.25) is 0 Å². The van der Waals surface area contributed by atoms with Crippen LogP contribution in [0.4, 0.5) is 18.9 Å². The SMILES string of the molecule is CN=C1NC(N)(C2CCC(NCc3ccc(Br)cc3OC(F)(F)F)CC2)Nc2ccccc21. The summed E-state index contributed by atoms with van der Waals surface area (Å²) >= 11 is 3.20. The lowest BCUT2D eigenvalue weighted by atomic mass is 9.80. The third kappa shape index (κ3) is 5.62. The Bertz CT molecular complexity index is 1020. The molecule has 0 bridgehead atoms. The summed E-state index contributed by atoms with van der Waals surface area (Å²) in [7, 11) is 1.74. The lowest BCUT2D eigenvalue weighted by molar-refractivity contribution is -0.274. The van der Waals surface area contributed by atoms with Crippen LogP contribution in [-0.4, -0.2) is 31.1 Å². The highest BCUT2D eigenvalue weighted by atomic mass is 79.9. The van der Waals surface area contributed by atoms with E-state index in [-0.39, 0.29) is 24.3 Å². The zero-order valence-electron chi connectivity index (χ0n) is 18.2. The topological polar surface area (TPSA) is 83.7 Å². The third-order valence-corrected chi connectivity index (χ3v) is 6.77. The number of aliphatic imine (C=N–C) groups is 1. The molecular formula is C23H27BrF3N5O. The molecule has 2 aliphatic rings. The molecule has 0 radical (unpaired) electrons. The number of benzene rings is 2. The predicted molar refractivity (Wildman–Crippen MR) is 126 cm³/mol. The minimum absolute atomic E-state index is 0.164. The van der Waals surface area contributed by atoms with Crippen molar-refractivity contribution in [2.24, 2.45) is 16.6 Å². The first-order valence-electron chi connectivity index (χ1n) is 10.9. The van der Waals surface area contributed by atoms with Gasteiger partial charge in [-0.1, -0.05) is 34.1 Å². The van der Waals surface area contributed by atoms with Gasteiger partial charge in [0.25, 0.3) is 0 Å². The highest BCUT2D eigenvalue weighted by molar-refractivity contribution is 9.10. The van der Waals surface area contributed by atoms with Crippen LogP contribution in [-0.2, 0) is 6.54 Å². The van der Waals surface area contributed by atoms with Crippen molar-refractivity contribution in [3.63, 3.8) is 0 Å². The highest BCUT2D eigenvalue weighted by Crippen LogP contribution is 2.35. The third-order valence-electron chi connectivity index (χ3n) is 6.28. The molecule has 4 rings (SSSR count). The number of para-hydroxylation sites is 1. The monoisotopic (exact) mass is 525 g/mol. The normalized spacial score (nSPS) is 26.3. The molecule has 0 saturated heterocycles. The van der Waals surface area contributed by atoms with Gasteiger partial charge in [0.15, 0.2) is 5.79 Å². The van der Waals surface area contributed by atoms with E-state index in [1.165, 1.54) is 6.07 Å². The summed E-state index contributed by atoms with van der Waals surface area (Å²) in [6.45, 7) is 0.290. The van der Waals surface area contributed by atoms with E-state index in [0.29, 0.717) is 10.0 Å². The molecule has 10 heteroatoms. The van der Waals surface area contributed by atoms with Crippen molar-refractivity contribution in [2.45, 2.75) is 50.4 Å². The van der Waals surface area contributed by atoms with E-state index >= 15 is 0 Å². The minimum Gasteiger partial charge on any atom is -0.405 e. The van der Waals surface area contributed by atoms with E-state index in [1.807, 2.05) is 24.3 Å². The van der Waals surface area contributed by atoms with Crippen molar-refractivity contribution in [2.75, 3.05) is 12.4 Å². The molecule has 0 amide bonds. The van der Waals surface area contributed by atoms with Gasteiger partial charge in [0.1, 0.15) is 11.6 Å². The molecule has 1 atom stereocenters. The van der Waals surface area contributed by atoms with Crippen molar-refractivity contribution < 1.29 is 17.9 Å². The molecule has 6 nitrogen and oxygen atoms in total. The number of fused-ring (bicyclic) bond motifs is 1. The Labute approximate surface area is 199 Å². The summed E-state index contributed by atoms with van der Waals surface area (Å²) in [6, 6.07) is 12.8. The van der Waals surface area contributed by atoms with E-state index in [9.17, 15) is 13.2 Å². The molecule has 1 aliphatic heterocycles. The van der Waals surface area contributed by atoms with Crippen LogP contribution in [0.1, 0.15) is 36.8 Å². The summed E-state index contributed by atoms with van der Waals surface area (Å²) < 4.78 is 43.0. The number of nitrogens with one attached hydrogen (secondary N) is 3. The van der Waals surface area contributed by atoms with Crippen molar-refractivity contribution in [3.05, 3.63) is 58.1 Å². The van der Waals surface area contributed by atoms with Gasteiger partial charge in [-0.05, 0) is 49.9 Å². The van der Waals surface area contributed by atoms with E-state index in [2.05, 4.69) is 41.6 Å². The van der Waals surface area contributed by atoms with Crippen molar-refractivity contribution >= 4 is 27.5 Å². The second kappa shape index (κ2) is 9.52. The van der Waals surface area contributed by atoms with Crippen LogP contribution in [0, 0.1) is 5.92 Å². The number of nitrogens with zero attached hydrogens (tertiary/aromatic N) is 1. The number of ether oxygens (including phenoxy) is 1. The van der Waals surface area contributed by atoms with Crippen molar-refractivity contribution in [1.82, 2.24) is 10.6 Å². The average molecular weight is 526 g/mol. The molecule has 33 heavy (non-hydrogen) atoms. The van der Waals surface area contributed by atoms with Crippen LogP contribution in [0.15, 0.2) is 51.9 Å². The van der Waals surface area contributed by atoms with Crippen LogP contribution in [0.25, 0.3) is 0 Å². The summed E-state index contributed by atoms with van der Waals surface area (Å²) in [5.41, 5.74) is 9.17. The van der Waals surface area contributed by atoms with E-state index < -0.39 is 12.1 Å². The Morgan fingerprint density at radius 2 is 1.88 bits per heavy atom. The molecule has 0 aromatic heterocycles. The number of rotatable bonds is 5. The predicted octanol–water partition coefficient (Wildman–Crippen LogP) is 4.70. The molecule has 1 aliphatic carbocycles. The number of amidine groups is 1. The van der Waals surface area contributed by atoms with E-state index in [0.717, 1.165) is 42.8 Å². The molecule has 2 aromatic rings. The lowest BCUT2D eigenvalue weighted by Gasteiger charge is -2.46. The molecule has 0 spiro atoms. The molecular weight excluding hydrogens is 499 g/mol. The highest BCUT2D eigenvalue weighted by Gasteiger charge is 2.41. The zero-order valence-corrected chi connectivity index (χ0v) is 19.8. The van der Waals surface area contributed by atoms with E-state index in [4.69, 9.17) is 5.73 Å². The molecule has 1 fully saturated rings. The van der Waals surface area contributed by atoms with Crippen LogP contribution in [0.2, 0.25) is 0 Å². The fraction of sp³-hybridized carbons (Fsp3) is 0.435. The molecule has 1 saturated carbocycles. The Balaban J connectivity index is 1.37. The number of nitrogens with two attached hydrogens (primary N) is 1. The smallest absolute Gasteiger partial charge is 0.405 e. The van der Waals surface area contributed by atoms with E-state index in [1.54, 1.807) is 19.2 Å². The fourth-order valence-electron chi connectivity index (χ4n) is 4.60. The fourth-order valence-corrected chi connectivity index (χ4v) is 4.94. The van der Waals surface area contributed by atoms with Gasteiger partial charge in [0, 0.05) is 46.8 Å². The van der Waals surface area contributed by atoms with Crippen LogP contribution < -0.4 is 26.4 Å². The molecule has 5 N–H and O–H groups in total. The summed E-state index contributed by atoms with van der Waals surface area (Å²) in [5, 5.41) is 10.2. The lowest BCUT2D eigenvalue weighted by Crippen LogP contribution is -2.69. The number of hydrogen-bond acceptors (Lipinski definition) is 5. The Morgan fingerprint density at radius 3 is 2.58 bits per heavy atom. The Kier molecular flexibility index (Phi) is 6.88. The molecule has 2 aromatic carbocycles. The minimum atomic E-state index is -4.73. The van der Waals surface area contributed by atoms with Crippen LogP contribution in [0.5, 0.6) is 5.75 Å². The van der Waals surface area contributed by atoms with Gasteiger partial charge in [-0.3, -0.25) is 10.7 Å². The summed E-state index contributed by atoms with van der Waals surface area (Å²) in [6.07, 6.45) is -1.29. The number of alkyl halides is 3. The van der Waals surface area contributed by atoms with Gasteiger partial charge in [0.05, 0.1) is 0 Å². The quantitative estimate of drug-likeness (QED) is 0.454. The molecule has 178 valence electrons. The maximum absolute atomic E-state index is 12.8. The number of hydrogen-bond donors (Lipinski definition) is 4. The average Bonchev–Trinajstić information content (AvgIpc) is 2.77. The summed E-state index contributed by atoms with van der Waals surface area (Å²) in [4.78, 5) is 4.37. The first kappa shape index (κ1) is 23.8. The summed E-state index contributed by atoms with van der Waals surface area (Å²) in [5.74, 6) is -0.0789. The molecule has 1 unspecified atom stereocenters. The largest absolute Gasteiger partial charge is 0.573 e. The standard InChI is InChI=1S/C23H27BrF3N5O/c1-29-21-18-4-2-3-5-19(18)31-22(28,32-21)15-7-10-17(11-8-15)30-13-14-6-9-16(24)12-20(14)33-23(25,26)27/h2-6,9,12,15,17,30-31H,7-8,10-11,13,28H2,1H3,(H,29,32). The van der Waals surface area contributed by atoms with Gasteiger partial charge >= 0.3 is 6.36 Å². The number of halogens is 4. The van der Waals surface area contributed by atoms with Gasteiger partial charge in [-0.2, -0.15) is 0 Å². The first-order chi connectivity index (χ1) is 15.7. The first-order valence-corrected chi connectivity index (χ1v) is 11.6. The number of anilines is 1. The van der Waals surface area contributed by atoms with Crippen LogP contribution >= 0.6 is 15.9 Å². The van der Waals surface area contributed by atoms with Crippen molar-refractivity contribution in [3.8, 4) is 5.75 Å². The Hall–Kier alpha value is -2.30. The van der Waals surface area contributed by atoms with Crippen LogP contribution in [0.3, 0.4) is 0 Å². The second-order valence-electron chi connectivity index (χ2n) is 8.47. The second-order valence-corrected chi connectivity index (χ2v) is 9.38. The van der Waals surface area contributed by atoms with Crippen molar-refractivity contribution in [1.29, 1.82) is 0 Å². The maximum Gasteiger partial charge on any atom is 0.573 e. The van der Waals surface area contributed by atoms with Gasteiger partial charge in [-0.15, -0.1) is 13.2 Å². The Morgan fingerprint density at radius 1 is 1.15 bits per heavy atom. The van der Waals surface area contributed by atoms with Gasteiger partial charge < -0.3 is 20.7 Å².